The fourth-order valence-electron chi connectivity index (χ4n) is 1.30. The van der Waals surface area contributed by atoms with Crippen LogP contribution in [0, 0.1) is 5.92 Å². The molecule has 0 amide bonds. The van der Waals surface area contributed by atoms with Crippen LogP contribution in [0.25, 0.3) is 0 Å². The van der Waals surface area contributed by atoms with Crippen LogP contribution < -0.4 is 11.5 Å². The van der Waals surface area contributed by atoms with Crippen LogP contribution in [0.2, 0.25) is 0 Å². The van der Waals surface area contributed by atoms with Gasteiger partial charge in [-0.15, -0.1) is 0 Å². The summed E-state index contributed by atoms with van der Waals surface area (Å²) < 4.78 is 0. The standard InChI is InChI=1S/C6H13N.C5H13N/c7-6-4-2-1-3-5-6;1-3-5(2)4-6/h6H,1-5,7H2;5H,3-4,6H2,1-2H3. The minimum Gasteiger partial charge on any atom is -0.330 e. The lowest BCUT2D eigenvalue weighted by Gasteiger charge is -2.15. The van der Waals surface area contributed by atoms with Gasteiger partial charge in [-0.05, 0) is 25.3 Å². The molecular formula is C11H26N2. The van der Waals surface area contributed by atoms with Crippen LogP contribution in [-0.4, -0.2) is 12.6 Å². The molecule has 1 aliphatic carbocycles. The Kier molecular flexibility index (Phi) is 8.46. The van der Waals surface area contributed by atoms with Gasteiger partial charge in [0, 0.05) is 6.04 Å². The van der Waals surface area contributed by atoms with Crippen molar-refractivity contribution < 1.29 is 0 Å². The van der Waals surface area contributed by atoms with Gasteiger partial charge in [-0.3, -0.25) is 0 Å². The maximum Gasteiger partial charge on any atom is 0.00388 e. The van der Waals surface area contributed by atoms with Crippen molar-refractivity contribution in [2.75, 3.05) is 6.54 Å². The molecule has 0 aliphatic heterocycles. The maximum atomic E-state index is 5.63. The predicted molar refractivity (Wildman–Crippen MR) is 59.6 cm³/mol. The first-order valence-corrected chi connectivity index (χ1v) is 5.66. The zero-order chi connectivity index (χ0) is 10.1. The highest BCUT2D eigenvalue weighted by molar-refractivity contribution is 4.66. The minimum absolute atomic E-state index is 0.536. The largest absolute Gasteiger partial charge is 0.330 e. The number of hydrogen-bond donors (Lipinski definition) is 2. The molecule has 1 unspecified atom stereocenters. The maximum absolute atomic E-state index is 5.63. The van der Waals surface area contributed by atoms with Crippen molar-refractivity contribution in [3.05, 3.63) is 0 Å². The van der Waals surface area contributed by atoms with E-state index in [1.54, 1.807) is 0 Å². The van der Waals surface area contributed by atoms with Crippen LogP contribution in [0.5, 0.6) is 0 Å². The van der Waals surface area contributed by atoms with Crippen molar-refractivity contribution in [3.8, 4) is 0 Å². The van der Waals surface area contributed by atoms with E-state index in [4.69, 9.17) is 11.5 Å². The first kappa shape index (κ1) is 12.9. The van der Waals surface area contributed by atoms with E-state index in [9.17, 15) is 0 Å². The second-order valence-electron chi connectivity index (χ2n) is 4.15. The first-order chi connectivity index (χ1) is 6.20. The monoisotopic (exact) mass is 186 g/mol. The van der Waals surface area contributed by atoms with Gasteiger partial charge in [0.15, 0.2) is 0 Å². The van der Waals surface area contributed by atoms with Crippen molar-refractivity contribution in [1.29, 1.82) is 0 Å². The Labute approximate surface area is 83.1 Å². The Morgan fingerprint density at radius 2 is 1.77 bits per heavy atom. The summed E-state index contributed by atoms with van der Waals surface area (Å²) in [5.74, 6) is 0.713. The van der Waals surface area contributed by atoms with Crippen molar-refractivity contribution in [2.45, 2.75) is 58.4 Å². The van der Waals surface area contributed by atoms with E-state index in [0.717, 1.165) is 6.54 Å². The van der Waals surface area contributed by atoms with Crippen LogP contribution in [0.1, 0.15) is 52.4 Å². The molecule has 0 heterocycles. The third-order valence-electron chi connectivity index (χ3n) is 2.75. The third kappa shape index (κ3) is 8.26. The Bertz CT molecular complexity index is 94.3. The molecule has 80 valence electrons. The summed E-state index contributed by atoms with van der Waals surface area (Å²) >= 11 is 0. The summed E-state index contributed by atoms with van der Waals surface area (Å²) in [6.07, 6.45) is 7.87. The molecule has 0 aromatic carbocycles. The van der Waals surface area contributed by atoms with Gasteiger partial charge in [-0.2, -0.15) is 0 Å². The van der Waals surface area contributed by atoms with E-state index in [-0.39, 0.29) is 0 Å². The molecule has 0 aromatic rings. The molecule has 0 spiro atoms. The lowest BCUT2D eigenvalue weighted by molar-refractivity contribution is 0.441. The molecule has 2 heteroatoms. The first-order valence-electron chi connectivity index (χ1n) is 5.66. The zero-order valence-corrected chi connectivity index (χ0v) is 9.26. The van der Waals surface area contributed by atoms with Gasteiger partial charge >= 0.3 is 0 Å². The molecule has 0 saturated heterocycles. The average molecular weight is 186 g/mol. The number of hydrogen-bond acceptors (Lipinski definition) is 2. The Balaban J connectivity index is 0.000000226. The van der Waals surface area contributed by atoms with E-state index in [1.165, 1.54) is 38.5 Å². The molecule has 1 rings (SSSR count). The summed E-state index contributed by atoms with van der Waals surface area (Å²) in [5.41, 5.74) is 10.9. The molecule has 0 bridgehead atoms. The molecule has 1 saturated carbocycles. The van der Waals surface area contributed by atoms with E-state index < -0.39 is 0 Å². The Morgan fingerprint density at radius 1 is 1.23 bits per heavy atom. The number of nitrogens with two attached hydrogens (primary N) is 2. The van der Waals surface area contributed by atoms with Crippen LogP contribution in [0.3, 0.4) is 0 Å². The summed E-state index contributed by atoms with van der Waals surface area (Å²) in [4.78, 5) is 0. The summed E-state index contributed by atoms with van der Waals surface area (Å²) in [6.45, 7) is 5.13. The van der Waals surface area contributed by atoms with Gasteiger partial charge in [0.25, 0.3) is 0 Å². The van der Waals surface area contributed by atoms with Crippen molar-refractivity contribution in [1.82, 2.24) is 0 Å². The van der Waals surface area contributed by atoms with Gasteiger partial charge in [-0.25, -0.2) is 0 Å². The smallest absolute Gasteiger partial charge is 0.00388 e. The van der Waals surface area contributed by atoms with Crippen LogP contribution in [0.15, 0.2) is 0 Å². The van der Waals surface area contributed by atoms with E-state index in [1.807, 2.05) is 0 Å². The average Bonchev–Trinajstić information content (AvgIpc) is 2.19. The highest BCUT2D eigenvalue weighted by atomic mass is 14.6. The van der Waals surface area contributed by atoms with Crippen molar-refractivity contribution in [2.24, 2.45) is 17.4 Å². The second kappa shape index (κ2) is 8.52. The van der Waals surface area contributed by atoms with Gasteiger partial charge < -0.3 is 11.5 Å². The molecular weight excluding hydrogens is 160 g/mol. The minimum atomic E-state index is 0.536. The predicted octanol–water partition coefficient (Wildman–Crippen LogP) is 2.27. The molecule has 4 N–H and O–H groups in total. The summed E-state index contributed by atoms with van der Waals surface area (Å²) in [7, 11) is 0. The molecule has 1 atom stereocenters. The highest BCUT2D eigenvalue weighted by Gasteiger charge is 2.06. The molecule has 2 nitrogen and oxygen atoms in total. The van der Waals surface area contributed by atoms with Crippen LogP contribution in [-0.2, 0) is 0 Å². The lowest BCUT2D eigenvalue weighted by atomic mass is 9.97. The fraction of sp³-hybridized carbons (Fsp3) is 1.00. The summed E-state index contributed by atoms with van der Waals surface area (Å²) in [6, 6.07) is 0.536. The zero-order valence-electron chi connectivity index (χ0n) is 9.26. The molecule has 1 fully saturated rings. The van der Waals surface area contributed by atoms with Crippen LogP contribution >= 0.6 is 0 Å². The molecule has 1 aliphatic rings. The third-order valence-corrected chi connectivity index (χ3v) is 2.75. The van der Waals surface area contributed by atoms with Crippen molar-refractivity contribution in [3.63, 3.8) is 0 Å². The Morgan fingerprint density at radius 3 is 1.92 bits per heavy atom. The second-order valence-corrected chi connectivity index (χ2v) is 4.15. The van der Waals surface area contributed by atoms with Crippen molar-refractivity contribution >= 4 is 0 Å². The van der Waals surface area contributed by atoms with Gasteiger partial charge in [0.1, 0.15) is 0 Å². The molecule has 0 radical (unpaired) electrons. The van der Waals surface area contributed by atoms with Gasteiger partial charge in [0.2, 0.25) is 0 Å². The fourth-order valence-corrected chi connectivity index (χ4v) is 1.30. The molecule has 0 aromatic heterocycles. The molecule has 13 heavy (non-hydrogen) atoms. The topological polar surface area (TPSA) is 52.0 Å². The quantitative estimate of drug-likeness (QED) is 0.695. The lowest BCUT2D eigenvalue weighted by Crippen LogP contribution is -2.22. The SMILES string of the molecule is CCC(C)CN.NC1CCCCC1. The Hall–Kier alpha value is -0.0800. The highest BCUT2D eigenvalue weighted by Crippen LogP contribution is 2.14. The normalized spacial score (nSPS) is 20.3. The van der Waals surface area contributed by atoms with Crippen LogP contribution in [0.4, 0.5) is 0 Å². The van der Waals surface area contributed by atoms with E-state index in [2.05, 4.69) is 13.8 Å². The number of rotatable bonds is 2. The van der Waals surface area contributed by atoms with Gasteiger partial charge in [-0.1, -0.05) is 39.5 Å². The summed E-state index contributed by atoms with van der Waals surface area (Å²) in [5, 5.41) is 0. The van der Waals surface area contributed by atoms with Gasteiger partial charge in [0.05, 0.1) is 0 Å². The van der Waals surface area contributed by atoms with E-state index in [0.29, 0.717) is 12.0 Å². The van der Waals surface area contributed by atoms with E-state index >= 15 is 0 Å².